The van der Waals surface area contributed by atoms with Crippen molar-refractivity contribution in [3.8, 4) is 17.2 Å². The Morgan fingerprint density at radius 1 is 0.969 bits per heavy atom. The molecule has 3 rings (SSSR count). The molecule has 9 nitrogen and oxygen atoms in total. The molecule has 0 bridgehead atoms. The monoisotopic (exact) mass is 440 g/mol. The largest absolute Gasteiger partial charge is 0.490 e. The molecule has 9 heteroatoms. The molecule has 0 aliphatic carbocycles. The number of hydrogen-bond donors (Lipinski definition) is 1. The Morgan fingerprint density at radius 3 is 2.38 bits per heavy atom. The standard InChI is InChI=1S/C23H24N2O7/c1-3-29-20-11-5-16(13-22(20)30-4-2)14-24-23(26)21-12-10-19(32-21)15-31-18-8-6-17(7-9-18)25(27)28/h5-13H,3-4,14-15H2,1-2H3,(H,24,26). The molecule has 0 fully saturated rings. The van der Waals surface area contributed by atoms with Gasteiger partial charge in [-0.3, -0.25) is 14.9 Å². The average molecular weight is 440 g/mol. The van der Waals surface area contributed by atoms with Gasteiger partial charge < -0.3 is 23.9 Å². The third kappa shape index (κ3) is 6.00. The molecular formula is C23H24N2O7. The summed E-state index contributed by atoms with van der Waals surface area (Å²) in [5.74, 6) is 1.99. The van der Waals surface area contributed by atoms with E-state index in [2.05, 4.69) is 5.32 Å². The van der Waals surface area contributed by atoms with Gasteiger partial charge in [0.15, 0.2) is 17.3 Å². The van der Waals surface area contributed by atoms with Gasteiger partial charge >= 0.3 is 0 Å². The molecule has 0 saturated carbocycles. The zero-order valence-electron chi connectivity index (χ0n) is 17.8. The Kier molecular flexibility index (Phi) is 7.69. The van der Waals surface area contributed by atoms with Gasteiger partial charge in [0.2, 0.25) is 0 Å². The number of nitro benzene ring substituents is 1. The van der Waals surface area contributed by atoms with E-state index < -0.39 is 4.92 Å². The number of rotatable bonds is 11. The highest BCUT2D eigenvalue weighted by atomic mass is 16.6. The number of benzene rings is 2. The van der Waals surface area contributed by atoms with Crippen molar-refractivity contribution < 1.29 is 28.3 Å². The van der Waals surface area contributed by atoms with Crippen molar-refractivity contribution in [2.45, 2.75) is 27.0 Å². The summed E-state index contributed by atoms with van der Waals surface area (Å²) < 4.78 is 22.2. The van der Waals surface area contributed by atoms with Crippen molar-refractivity contribution in [3.05, 3.63) is 81.8 Å². The number of amides is 1. The first-order valence-corrected chi connectivity index (χ1v) is 10.1. The summed E-state index contributed by atoms with van der Waals surface area (Å²) in [4.78, 5) is 22.6. The highest BCUT2D eigenvalue weighted by Gasteiger charge is 2.13. The molecule has 1 heterocycles. The minimum atomic E-state index is -0.480. The van der Waals surface area contributed by atoms with E-state index in [1.165, 1.54) is 24.3 Å². The van der Waals surface area contributed by atoms with Crippen LogP contribution in [0.15, 0.2) is 59.0 Å². The number of nitrogens with one attached hydrogen (secondary N) is 1. The first kappa shape index (κ1) is 22.7. The Morgan fingerprint density at radius 2 is 1.69 bits per heavy atom. The Balaban J connectivity index is 1.54. The number of nitro groups is 1. The third-order valence-electron chi connectivity index (χ3n) is 4.37. The number of ether oxygens (including phenoxy) is 3. The van der Waals surface area contributed by atoms with E-state index in [4.69, 9.17) is 18.6 Å². The van der Waals surface area contributed by atoms with Gasteiger partial charge in [-0.1, -0.05) is 6.07 Å². The van der Waals surface area contributed by atoms with E-state index >= 15 is 0 Å². The molecule has 0 saturated heterocycles. The summed E-state index contributed by atoms with van der Waals surface area (Å²) in [5.41, 5.74) is 0.841. The zero-order valence-corrected chi connectivity index (χ0v) is 17.8. The van der Waals surface area contributed by atoms with Crippen LogP contribution in [0.2, 0.25) is 0 Å². The van der Waals surface area contributed by atoms with E-state index in [-0.39, 0.29) is 24.0 Å². The molecule has 0 aliphatic rings. The van der Waals surface area contributed by atoms with Crippen LogP contribution in [0.5, 0.6) is 17.2 Å². The number of furan rings is 1. The first-order valence-electron chi connectivity index (χ1n) is 10.1. The van der Waals surface area contributed by atoms with Crippen molar-refractivity contribution in [1.82, 2.24) is 5.32 Å². The van der Waals surface area contributed by atoms with Crippen LogP contribution in [0, 0.1) is 10.1 Å². The summed E-state index contributed by atoms with van der Waals surface area (Å²) >= 11 is 0. The van der Waals surface area contributed by atoms with Crippen LogP contribution >= 0.6 is 0 Å². The van der Waals surface area contributed by atoms with Gasteiger partial charge in [-0.2, -0.15) is 0 Å². The van der Waals surface area contributed by atoms with Crippen molar-refractivity contribution in [3.63, 3.8) is 0 Å². The lowest BCUT2D eigenvalue weighted by atomic mass is 10.2. The summed E-state index contributed by atoms with van der Waals surface area (Å²) in [6, 6.07) is 14.4. The minimum absolute atomic E-state index is 0.0183. The fourth-order valence-electron chi connectivity index (χ4n) is 2.87. The third-order valence-corrected chi connectivity index (χ3v) is 4.37. The van der Waals surface area contributed by atoms with Gasteiger partial charge in [-0.15, -0.1) is 0 Å². The van der Waals surface area contributed by atoms with Crippen LogP contribution in [-0.2, 0) is 13.2 Å². The summed E-state index contributed by atoms with van der Waals surface area (Å²) in [6.45, 7) is 5.21. The van der Waals surface area contributed by atoms with E-state index in [0.29, 0.717) is 42.8 Å². The maximum Gasteiger partial charge on any atom is 0.287 e. The maximum atomic E-state index is 12.4. The van der Waals surface area contributed by atoms with E-state index in [1.807, 2.05) is 32.0 Å². The van der Waals surface area contributed by atoms with Gasteiger partial charge in [-0.25, -0.2) is 0 Å². The lowest BCUT2D eigenvalue weighted by Gasteiger charge is -2.12. The number of carbonyl (C=O) groups excluding carboxylic acids is 1. The normalized spacial score (nSPS) is 10.4. The molecule has 0 aliphatic heterocycles. The van der Waals surface area contributed by atoms with Crippen molar-refractivity contribution in [2.75, 3.05) is 13.2 Å². The predicted molar refractivity (Wildman–Crippen MR) is 116 cm³/mol. The van der Waals surface area contributed by atoms with Crippen LogP contribution in [0.3, 0.4) is 0 Å². The predicted octanol–water partition coefficient (Wildman–Crippen LogP) is 4.49. The minimum Gasteiger partial charge on any atom is -0.490 e. The lowest BCUT2D eigenvalue weighted by molar-refractivity contribution is -0.384. The second kappa shape index (κ2) is 10.9. The molecular weight excluding hydrogens is 416 g/mol. The van der Waals surface area contributed by atoms with Gasteiger partial charge in [0.1, 0.15) is 18.1 Å². The molecule has 0 spiro atoms. The summed E-state index contributed by atoms with van der Waals surface area (Å²) in [5, 5.41) is 13.5. The molecule has 32 heavy (non-hydrogen) atoms. The van der Waals surface area contributed by atoms with Crippen LogP contribution in [0.1, 0.15) is 35.7 Å². The molecule has 168 valence electrons. The van der Waals surface area contributed by atoms with Crippen molar-refractivity contribution >= 4 is 11.6 Å². The molecule has 2 aromatic carbocycles. The van der Waals surface area contributed by atoms with Crippen LogP contribution < -0.4 is 19.5 Å². The lowest BCUT2D eigenvalue weighted by Crippen LogP contribution is -2.22. The summed E-state index contributed by atoms with van der Waals surface area (Å²) in [6.07, 6.45) is 0. The van der Waals surface area contributed by atoms with Gasteiger partial charge in [-0.05, 0) is 55.8 Å². The Hall–Kier alpha value is -4.01. The average Bonchev–Trinajstić information content (AvgIpc) is 3.27. The smallest absolute Gasteiger partial charge is 0.287 e. The maximum absolute atomic E-state index is 12.4. The molecule has 0 radical (unpaired) electrons. The summed E-state index contributed by atoms with van der Waals surface area (Å²) in [7, 11) is 0. The quantitative estimate of drug-likeness (QED) is 0.345. The number of carbonyl (C=O) groups is 1. The fraction of sp³-hybridized carbons (Fsp3) is 0.261. The Labute approximate surface area is 185 Å². The highest BCUT2D eigenvalue weighted by molar-refractivity contribution is 5.91. The second-order valence-electron chi connectivity index (χ2n) is 6.64. The van der Waals surface area contributed by atoms with E-state index in [1.54, 1.807) is 12.1 Å². The number of non-ortho nitro benzene ring substituents is 1. The molecule has 0 unspecified atom stereocenters. The highest BCUT2D eigenvalue weighted by Crippen LogP contribution is 2.28. The van der Waals surface area contributed by atoms with Gasteiger partial charge in [0.05, 0.1) is 18.1 Å². The van der Waals surface area contributed by atoms with Gasteiger partial charge in [0, 0.05) is 18.7 Å². The number of hydrogen-bond acceptors (Lipinski definition) is 7. The van der Waals surface area contributed by atoms with Crippen molar-refractivity contribution in [1.29, 1.82) is 0 Å². The van der Waals surface area contributed by atoms with Crippen LogP contribution in [0.25, 0.3) is 0 Å². The molecule has 3 aromatic rings. The van der Waals surface area contributed by atoms with Crippen LogP contribution in [0.4, 0.5) is 5.69 Å². The topological polar surface area (TPSA) is 113 Å². The first-order chi connectivity index (χ1) is 15.5. The van der Waals surface area contributed by atoms with Gasteiger partial charge in [0.25, 0.3) is 11.6 Å². The molecule has 1 amide bonds. The van der Waals surface area contributed by atoms with Crippen LogP contribution in [-0.4, -0.2) is 24.0 Å². The molecule has 0 atom stereocenters. The van der Waals surface area contributed by atoms with E-state index in [0.717, 1.165) is 5.56 Å². The fourth-order valence-corrected chi connectivity index (χ4v) is 2.87. The number of nitrogens with zero attached hydrogens (tertiary/aromatic N) is 1. The Bertz CT molecular complexity index is 1060. The second-order valence-corrected chi connectivity index (χ2v) is 6.64. The van der Waals surface area contributed by atoms with Crippen molar-refractivity contribution in [2.24, 2.45) is 0 Å². The molecule has 1 N–H and O–H groups in total. The molecule has 1 aromatic heterocycles. The SMILES string of the molecule is CCOc1ccc(CNC(=O)c2ccc(COc3ccc([N+](=O)[O-])cc3)o2)cc1OCC. The zero-order chi connectivity index (χ0) is 22.9. The van der Waals surface area contributed by atoms with E-state index in [9.17, 15) is 14.9 Å².